The number of sulfonamides is 1. The Hall–Kier alpha value is -0.0900. The number of hydrogen-bond donors (Lipinski definition) is 0. The van der Waals surface area contributed by atoms with Crippen LogP contribution in [-0.4, -0.2) is 31.1 Å². The highest BCUT2D eigenvalue weighted by molar-refractivity contribution is 7.89. The summed E-state index contributed by atoms with van der Waals surface area (Å²) in [7, 11) is -3.02. The van der Waals surface area contributed by atoms with Gasteiger partial charge in [-0.2, -0.15) is 0 Å². The van der Waals surface area contributed by atoms with Gasteiger partial charge in [0, 0.05) is 13.1 Å². The minimum absolute atomic E-state index is 0.289. The van der Waals surface area contributed by atoms with Crippen LogP contribution < -0.4 is 0 Å². The van der Waals surface area contributed by atoms with Crippen molar-refractivity contribution in [1.82, 2.24) is 4.31 Å². The monoisotopic (exact) mass is 249 g/mol. The summed E-state index contributed by atoms with van der Waals surface area (Å²) < 4.78 is 25.4. The molecular formula is C12H27NO2S. The molecule has 0 aromatic carbocycles. The zero-order valence-corrected chi connectivity index (χ0v) is 12.3. The lowest BCUT2D eigenvalue weighted by atomic mass is 9.90. The van der Waals surface area contributed by atoms with Gasteiger partial charge >= 0.3 is 0 Å². The highest BCUT2D eigenvalue weighted by atomic mass is 32.2. The van der Waals surface area contributed by atoms with Crippen molar-refractivity contribution in [2.24, 2.45) is 11.8 Å². The molecule has 0 spiro atoms. The summed E-state index contributed by atoms with van der Waals surface area (Å²) in [6.07, 6.45) is 0.993. The van der Waals surface area contributed by atoms with Crippen LogP contribution in [0.25, 0.3) is 0 Å². The van der Waals surface area contributed by atoms with Crippen molar-refractivity contribution in [3.8, 4) is 0 Å². The second-order valence-corrected chi connectivity index (χ2v) is 7.18. The van der Waals surface area contributed by atoms with Crippen LogP contribution >= 0.6 is 0 Å². The van der Waals surface area contributed by atoms with E-state index in [4.69, 9.17) is 0 Å². The second-order valence-electron chi connectivity index (χ2n) is 4.69. The van der Waals surface area contributed by atoms with Crippen LogP contribution in [0.1, 0.15) is 48.0 Å². The molecule has 16 heavy (non-hydrogen) atoms. The summed E-state index contributed by atoms with van der Waals surface area (Å²) in [4.78, 5) is 0. The largest absolute Gasteiger partial charge is 0.216 e. The van der Waals surface area contributed by atoms with E-state index in [0.717, 1.165) is 6.42 Å². The minimum atomic E-state index is -3.02. The summed E-state index contributed by atoms with van der Waals surface area (Å²) >= 11 is 0. The molecule has 0 radical (unpaired) electrons. The third-order valence-corrected chi connectivity index (χ3v) is 5.50. The van der Waals surface area contributed by atoms with Crippen LogP contribution in [0.2, 0.25) is 0 Å². The molecule has 0 saturated carbocycles. The van der Waals surface area contributed by atoms with Gasteiger partial charge < -0.3 is 0 Å². The van der Waals surface area contributed by atoms with E-state index >= 15 is 0 Å². The van der Waals surface area contributed by atoms with Gasteiger partial charge in [-0.05, 0) is 32.1 Å². The maximum atomic E-state index is 11.9. The molecule has 1 aliphatic heterocycles. The van der Waals surface area contributed by atoms with Gasteiger partial charge in [0.05, 0.1) is 5.25 Å². The van der Waals surface area contributed by atoms with Gasteiger partial charge in [0.15, 0.2) is 0 Å². The summed E-state index contributed by atoms with van der Waals surface area (Å²) in [5.41, 5.74) is 0. The highest BCUT2D eigenvalue weighted by Crippen LogP contribution is 2.25. The Morgan fingerprint density at radius 3 is 2.00 bits per heavy atom. The Morgan fingerprint density at radius 1 is 1.12 bits per heavy atom. The molecule has 3 nitrogen and oxygen atoms in total. The van der Waals surface area contributed by atoms with Gasteiger partial charge in [-0.15, -0.1) is 0 Å². The molecule has 0 aromatic rings. The molecule has 1 fully saturated rings. The van der Waals surface area contributed by atoms with E-state index in [1.165, 1.54) is 0 Å². The molecule has 2 unspecified atom stereocenters. The smallest absolute Gasteiger partial charge is 0.212 e. The van der Waals surface area contributed by atoms with Crippen molar-refractivity contribution in [3.63, 3.8) is 0 Å². The molecule has 0 aromatic heterocycles. The molecule has 1 heterocycles. The molecule has 2 atom stereocenters. The van der Waals surface area contributed by atoms with Gasteiger partial charge in [-0.3, -0.25) is 0 Å². The van der Waals surface area contributed by atoms with E-state index in [9.17, 15) is 8.42 Å². The molecule has 0 N–H and O–H groups in total. The lowest BCUT2D eigenvalue weighted by Crippen LogP contribution is -2.44. The zero-order valence-electron chi connectivity index (χ0n) is 11.5. The van der Waals surface area contributed by atoms with Crippen LogP contribution in [0.15, 0.2) is 0 Å². The Morgan fingerprint density at radius 2 is 1.62 bits per heavy atom. The van der Waals surface area contributed by atoms with Crippen molar-refractivity contribution in [3.05, 3.63) is 0 Å². The first kappa shape index (κ1) is 15.9. The second kappa shape index (κ2) is 6.60. The fraction of sp³-hybridized carbons (Fsp3) is 1.00. The Bertz CT molecular complexity index is 285. The maximum absolute atomic E-state index is 11.9. The number of rotatable bonds is 2. The molecule has 0 bridgehead atoms. The van der Waals surface area contributed by atoms with Gasteiger partial charge in [0.2, 0.25) is 10.0 Å². The summed E-state index contributed by atoms with van der Waals surface area (Å²) in [5, 5.41) is -0.289. The van der Waals surface area contributed by atoms with Gasteiger partial charge in [-0.25, -0.2) is 12.7 Å². The predicted molar refractivity (Wildman–Crippen MR) is 69.9 cm³/mol. The average Bonchev–Trinajstić information content (AvgIpc) is 2.24. The van der Waals surface area contributed by atoms with Gasteiger partial charge in [0.1, 0.15) is 0 Å². The quantitative estimate of drug-likeness (QED) is 0.754. The Kier molecular flexibility index (Phi) is 6.56. The molecule has 98 valence electrons. The van der Waals surface area contributed by atoms with Crippen LogP contribution in [-0.2, 0) is 10.0 Å². The summed E-state index contributed by atoms with van der Waals surface area (Å²) in [5.74, 6) is 1.13. The van der Waals surface area contributed by atoms with E-state index in [0.29, 0.717) is 24.9 Å². The number of hydrogen-bond acceptors (Lipinski definition) is 2. The molecular weight excluding hydrogens is 222 g/mol. The van der Waals surface area contributed by atoms with Crippen molar-refractivity contribution in [2.45, 2.75) is 53.2 Å². The first-order valence-corrected chi connectivity index (χ1v) is 7.85. The topological polar surface area (TPSA) is 37.4 Å². The van der Waals surface area contributed by atoms with Crippen molar-refractivity contribution in [1.29, 1.82) is 0 Å². The fourth-order valence-electron chi connectivity index (χ4n) is 1.75. The SMILES string of the molecule is CC.CC1CCN(S(=O)(=O)C(C)C)CC1C. The van der Waals surface area contributed by atoms with Gasteiger partial charge in [-0.1, -0.05) is 27.7 Å². The molecule has 1 aliphatic rings. The summed E-state index contributed by atoms with van der Waals surface area (Å²) in [6, 6.07) is 0. The van der Waals surface area contributed by atoms with Crippen LogP contribution in [0.5, 0.6) is 0 Å². The van der Waals surface area contributed by atoms with Crippen molar-refractivity contribution in [2.75, 3.05) is 13.1 Å². The normalized spacial score (nSPS) is 27.4. The zero-order chi connectivity index (χ0) is 12.9. The highest BCUT2D eigenvalue weighted by Gasteiger charge is 2.32. The maximum Gasteiger partial charge on any atom is 0.216 e. The van der Waals surface area contributed by atoms with E-state index < -0.39 is 10.0 Å². The van der Waals surface area contributed by atoms with E-state index in [-0.39, 0.29) is 5.25 Å². The third-order valence-electron chi connectivity index (χ3n) is 3.25. The number of piperidine rings is 1. The molecule has 0 amide bonds. The predicted octanol–water partition coefficient (Wildman–Crippen LogP) is 2.73. The minimum Gasteiger partial charge on any atom is -0.212 e. The number of nitrogens with zero attached hydrogens (tertiary/aromatic N) is 1. The molecule has 0 aliphatic carbocycles. The summed E-state index contributed by atoms with van der Waals surface area (Å²) in [6.45, 7) is 13.2. The van der Waals surface area contributed by atoms with Crippen LogP contribution in [0, 0.1) is 11.8 Å². The lowest BCUT2D eigenvalue weighted by Gasteiger charge is -2.35. The fourth-order valence-corrected chi connectivity index (χ4v) is 3.15. The van der Waals surface area contributed by atoms with Crippen molar-refractivity contribution >= 4 is 10.0 Å². The van der Waals surface area contributed by atoms with Crippen molar-refractivity contribution < 1.29 is 8.42 Å². The van der Waals surface area contributed by atoms with E-state index in [1.54, 1.807) is 18.2 Å². The molecule has 1 saturated heterocycles. The van der Waals surface area contributed by atoms with Gasteiger partial charge in [0.25, 0.3) is 0 Å². The Labute approximate surface area is 101 Å². The Balaban J connectivity index is 0.00000106. The third kappa shape index (κ3) is 3.74. The first-order valence-electron chi connectivity index (χ1n) is 6.34. The molecule has 1 rings (SSSR count). The van der Waals surface area contributed by atoms with E-state index in [2.05, 4.69) is 13.8 Å². The standard InChI is InChI=1S/C10H21NO2S.C2H6/c1-8(2)14(12,13)11-6-5-9(3)10(4)7-11;1-2/h8-10H,5-7H2,1-4H3;1-2H3. The van der Waals surface area contributed by atoms with Crippen LogP contribution in [0.4, 0.5) is 0 Å². The lowest BCUT2D eigenvalue weighted by molar-refractivity contribution is 0.211. The van der Waals surface area contributed by atoms with E-state index in [1.807, 2.05) is 13.8 Å². The average molecular weight is 249 g/mol. The first-order chi connectivity index (χ1) is 7.35. The van der Waals surface area contributed by atoms with Crippen LogP contribution in [0.3, 0.4) is 0 Å². The molecule has 4 heteroatoms.